The number of hydrogen-bond donors (Lipinski definition) is 1. The van der Waals surface area contributed by atoms with E-state index in [1.165, 1.54) is 0 Å². The number of anilines is 1. The SMILES string of the molecule is CCOC(=O)c1ccc(N2CCCN(C(=O)c3cn[nH]c3-c3ccccc3)CC2)nc1. The summed E-state index contributed by atoms with van der Waals surface area (Å²) in [4.78, 5) is 33.5. The Labute approximate surface area is 180 Å². The summed E-state index contributed by atoms with van der Waals surface area (Å²) in [5.74, 6) is 0.388. The van der Waals surface area contributed by atoms with Gasteiger partial charge >= 0.3 is 5.97 Å². The highest BCUT2D eigenvalue weighted by Gasteiger charge is 2.24. The van der Waals surface area contributed by atoms with Gasteiger partial charge in [0.1, 0.15) is 5.82 Å². The molecule has 1 N–H and O–H groups in total. The molecule has 3 aromatic rings. The Bertz CT molecular complexity index is 1030. The summed E-state index contributed by atoms with van der Waals surface area (Å²) in [5.41, 5.74) is 2.69. The first-order chi connectivity index (χ1) is 15.2. The van der Waals surface area contributed by atoms with Crippen molar-refractivity contribution in [3.63, 3.8) is 0 Å². The second kappa shape index (κ2) is 9.42. The molecular weight excluding hydrogens is 394 g/mol. The number of amides is 1. The van der Waals surface area contributed by atoms with Gasteiger partial charge in [0.25, 0.3) is 5.91 Å². The van der Waals surface area contributed by atoms with Gasteiger partial charge in [-0.05, 0) is 25.5 Å². The minimum Gasteiger partial charge on any atom is -0.462 e. The molecule has 8 heteroatoms. The van der Waals surface area contributed by atoms with Gasteiger partial charge in [0.15, 0.2) is 0 Å². The molecule has 0 unspecified atom stereocenters. The van der Waals surface area contributed by atoms with Crippen LogP contribution in [0.25, 0.3) is 11.3 Å². The third-order valence-corrected chi connectivity index (χ3v) is 5.30. The maximum atomic E-state index is 13.2. The minimum absolute atomic E-state index is 0.0277. The molecule has 0 bridgehead atoms. The van der Waals surface area contributed by atoms with Crippen LogP contribution in [0.15, 0.2) is 54.9 Å². The molecular formula is C23H25N5O3. The van der Waals surface area contributed by atoms with Crippen LogP contribution in [0, 0.1) is 0 Å². The Morgan fingerprint density at radius 1 is 1.03 bits per heavy atom. The van der Waals surface area contributed by atoms with E-state index in [0.717, 1.165) is 30.0 Å². The number of pyridine rings is 1. The van der Waals surface area contributed by atoms with Crippen LogP contribution in [0.1, 0.15) is 34.1 Å². The van der Waals surface area contributed by atoms with Crippen LogP contribution in [-0.4, -0.2) is 64.7 Å². The second-order valence-electron chi connectivity index (χ2n) is 7.28. The lowest BCUT2D eigenvalue weighted by atomic mass is 10.1. The zero-order valence-electron chi connectivity index (χ0n) is 17.5. The van der Waals surface area contributed by atoms with Crippen molar-refractivity contribution in [2.75, 3.05) is 37.7 Å². The third kappa shape index (κ3) is 4.58. The van der Waals surface area contributed by atoms with Crippen molar-refractivity contribution < 1.29 is 14.3 Å². The number of nitrogens with one attached hydrogen (secondary N) is 1. The number of aromatic amines is 1. The van der Waals surface area contributed by atoms with Crippen molar-refractivity contribution in [1.82, 2.24) is 20.1 Å². The third-order valence-electron chi connectivity index (χ3n) is 5.30. The molecule has 160 valence electrons. The lowest BCUT2D eigenvalue weighted by Crippen LogP contribution is -2.35. The van der Waals surface area contributed by atoms with Crippen LogP contribution < -0.4 is 4.90 Å². The van der Waals surface area contributed by atoms with Gasteiger partial charge in [0.2, 0.25) is 0 Å². The van der Waals surface area contributed by atoms with Gasteiger partial charge in [-0.2, -0.15) is 5.10 Å². The van der Waals surface area contributed by atoms with E-state index in [0.29, 0.717) is 37.4 Å². The molecule has 1 fully saturated rings. The summed E-state index contributed by atoms with van der Waals surface area (Å²) in [6.07, 6.45) is 3.97. The number of aromatic nitrogens is 3. The van der Waals surface area contributed by atoms with Gasteiger partial charge in [0.05, 0.1) is 29.6 Å². The van der Waals surface area contributed by atoms with E-state index < -0.39 is 0 Å². The molecule has 2 aromatic heterocycles. The van der Waals surface area contributed by atoms with Crippen molar-refractivity contribution >= 4 is 17.7 Å². The fraction of sp³-hybridized carbons (Fsp3) is 0.304. The smallest absolute Gasteiger partial charge is 0.339 e. The lowest BCUT2D eigenvalue weighted by molar-refractivity contribution is 0.0525. The number of esters is 1. The number of carbonyl (C=O) groups excluding carboxylic acids is 2. The highest BCUT2D eigenvalue weighted by Crippen LogP contribution is 2.23. The van der Waals surface area contributed by atoms with Crippen LogP contribution in [0.3, 0.4) is 0 Å². The first kappa shape index (κ1) is 20.6. The van der Waals surface area contributed by atoms with E-state index in [9.17, 15) is 9.59 Å². The molecule has 1 aliphatic rings. The first-order valence-electron chi connectivity index (χ1n) is 10.4. The number of carbonyl (C=O) groups is 2. The quantitative estimate of drug-likeness (QED) is 0.640. The van der Waals surface area contributed by atoms with Gasteiger partial charge in [0, 0.05) is 37.9 Å². The van der Waals surface area contributed by atoms with Gasteiger partial charge in [-0.1, -0.05) is 30.3 Å². The Morgan fingerprint density at radius 2 is 1.87 bits per heavy atom. The number of rotatable bonds is 5. The average molecular weight is 419 g/mol. The summed E-state index contributed by atoms with van der Waals surface area (Å²) in [6, 6.07) is 13.3. The molecule has 31 heavy (non-hydrogen) atoms. The Hall–Kier alpha value is -3.68. The summed E-state index contributed by atoms with van der Waals surface area (Å²) < 4.78 is 5.01. The first-order valence-corrected chi connectivity index (χ1v) is 10.4. The molecule has 0 saturated carbocycles. The zero-order chi connectivity index (χ0) is 21.6. The van der Waals surface area contributed by atoms with Crippen LogP contribution in [0.5, 0.6) is 0 Å². The molecule has 1 amide bonds. The highest BCUT2D eigenvalue weighted by atomic mass is 16.5. The summed E-state index contributed by atoms with van der Waals surface area (Å²) in [6.45, 7) is 4.80. The normalized spacial score (nSPS) is 14.2. The molecule has 0 spiro atoms. The van der Waals surface area contributed by atoms with E-state index in [4.69, 9.17) is 4.74 Å². The topological polar surface area (TPSA) is 91.4 Å². The van der Waals surface area contributed by atoms with Crippen molar-refractivity contribution in [2.45, 2.75) is 13.3 Å². The van der Waals surface area contributed by atoms with Crippen molar-refractivity contribution in [3.05, 3.63) is 66.0 Å². The van der Waals surface area contributed by atoms with Crippen LogP contribution in [0.2, 0.25) is 0 Å². The average Bonchev–Trinajstić information content (AvgIpc) is 3.17. The van der Waals surface area contributed by atoms with E-state index >= 15 is 0 Å². The lowest BCUT2D eigenvalue weighted by Gasteiger charge is -2.23. The largest absolute Gasteiger partial charge is 0.462 e. The van der Waals surface area contributed by atoms with Crippen LogP contribution in [-0.2, 0) is 4.74 Å². The second-order valence-corrected chi connectivity index (χ2v) is 7.28. The zero-order valence-corrected chi connectivity index (χ0v) is 17.5. The molecule has 1 aliphatic heterocycles. The molecule has 1 aromatic carbocycles. The number of hydrogen-bond acceptors (Lipinski definition) is 6. The summed E-state index contributed by atoms with van der Waals surface area (Å²) in [7, 11) is 0. The molecule has 3 heterocycles. The van der Waals surface area contributed by atoms with Crippen molar-refractivity contribution in [1.29, 1.82) is 0 Å². The molecule has 0 atom stereocenters. The maximum Gasteiger partial charge on any atom is 0.339 e. The van der Waals surface area contributed by atoms with Gasteiger partial charge < -0.3 is 14.5 Å². The van der Waals surface area contributed by atoms with E-state index in [-0.39, 0.29) is 11.9 Å². The fourth-order valence-electron chi connectivity index (χ4n) is 3.70. The Kier molecular flexibility index (Phi) is 6.26. The minimum atomic E-state index is -0.372. The molecule has 0 radical (unpaired) electrons. The Morgan fingerprint density at radius 3 is 2.61 bits per heavy atom. The van der Waals surface area contributed by atoms with E-state index in [1.54, 1.807) is 25.4 Å². The van der Waals surface area contributed by atoms with Crippen LogP contribution in [0.4, 0.5) is 5.82 Å². The number of H-pyrrole nitrogens is 1. The van der Waals surface area contributed by atoms with Crippen LogP contribution >= 0.6 is 0 Å². The monoisotopic (exact) mass is 419 g/mol. The van der Waals surface area contributed by atoms with Gasteiger partial charge in [-0.3, -0.25) is 9.89 Å². The summed E-state index contributed by atoms with van der Waals surface area (Å²) in [5, 5.41) is 7.07. The van der Waals surface area contributed by atoms with Gasteiger partial charge in [-0.25, -0.2) is 9.78 Å². The van der Waals surface area contributed by atoms with E-state index in [2.05, 4.69) is 20.1 Å². The number of benzene rings is 1. The van der Waals surface area contributed by atoms with Crippen molar-refractivity contribution in [3.8, 4) is 11.3 Å². The maximum absolute atomic E-state index is 13.2. The van der Waals surface area contributed by atoms with E-state index in [1.807, 2.05) is 41.3 Å². The Balaban J connectivity index is 1.44. The highest BCUT2D eigenvalue weighted by molar-refractivity contribution is 5.99. The number of nitrogens with zero attached hydrogens (tertiary/aromatic N) is 4. The predicted molar refractivity (Wildman–Crippen MR) is 117 cm³/mol. The molecule has 8 nitrogen and oxygen atoms in total. The van der Waals surface area contributed by atoms with Crippen molar-refractivity contribution in [2.24, 2.45) is 0 Å². The molecule has 1 saturated heterocycles. The fourth-order valence-corrected chi connectivity index (χ4v) is 3.70. The van der Waals surface area contributed by atoms with Gasteiger partial charge in [-0.15, -0.1) is 0 Å². The molecule has 4 rings (SSSR count). The molecule has 0 aliphatic carbocycles. The standard InChI is InChI=1S/C23H25N5O3/c1-2-31-23(30)18-9-10-20(24-15-18)27-11-6-12-28(14-13-27)22(29)19-16-25-26-21(19)17-7-4-3-5-8-17/h3-5,7-10,15-16H,2,6,11-14H2,1H3,(H,25,26). The predicted octanol–water partition coefficient (Wildman–Crippen LogP) is 3.00. The summed E-state index contributed by atoms with van der Waals surface area (Å²) >= 11 is 0. The number of ether oxygens (including phenoxy) is 1.